The van der Waals surface area contributed by atoms with Gasteiger partial charge in [-0.05, 0) is 38.7 Å². The van der Waals surface area contributed by atoms with Crippen molar-refractivity contribution >= 4 is 11.7 Å². The van der Waals surface area contributed by atoms with Crippen LogP contribution >= 0.6 is 0 Å². The van der Waals surface area contributed by atoms with Gasteiger partial charge in [0.1, 0.15) is 12.0 Å². The lowest BCUT2D eigenvalue weighted by atomic mass is 9.94. The highest BCUT2D eigenvalue weighted by molar-refractivity contribution is 6.09. The van der Waals surface area contributed by atoms with Crippen LogP contribution in [0.15, 0.2) is 10.7 Å². The highest BCUT2D eigenvalue weighted by atomic mass is 16.3. The van der Waals surface area contributed by atoms with Gasteiger partial charge in [0.15, 0.2) is 5.78 Å². The summed E-state index contributed by atoms with van der Waals surface area (Å²) in [5, 5.41) is 7.17. The average molecular weight is 329 g/mol. The largest absolute Gasteiger partial charge is 0.468 e. The monoisotopic (exact) mass is 329 g/mol. The van der Waals surface area contributed by atoms with E-state index in [2.05, 4.69) is 10.2 Å². The van der Waals surface area contributed by atoms with Crippen molar-refractivity contribution in [2.45, 2.75) is 46.0 Å². The minimum atomic E-state index is -0.143. The predicted octanol–water partition coefficient (Wildman–Crippen LogP) is 2.84. The number of hydrogen-bond acceptors (Lipinski definition) is 4. The van der Waals surface area contributed by atoms with E-state index in [9.17, 15) is 9.59 Å². The second-order valence-corrected chi connectivity index (χ2v) is 6.47. The van der Waals surface area contributed by atoms with Crippen molar-refractivity contribution in [3.05, 3.63) is 40.1 Å². The van der Waals surface area contributed by atoms with Gasteiger partial charge < -0.3 is 9.32 Å². The summed E-state index contributed by atoms with van der Waals surface area (Å²) in [6.07, 6.45) is 5.18. The number of H-pyrrole nitrogens is 1. The predicted molar refractivity (Wildman–Crippen MR) is 89.3 cm³/mol. The highest BCUT2D eigenvalue weighted by Gasteiger charge is 2.29. The number of carbonyl (C=O) groups is 2. The summed E-state index contributed by atoms with van der Waals surface area (Å²) >= 11 is 0. The number of carbonyl (C=O) groups excluding carboxylic acids is 2. The Morgan fingerprint density at radius 1 is 1.38 bits per heavy atom. The maximum Gasteiger partial charge on any atom is 0.257 e. The van der Waals surface area contributed by atoms with Crippen LogP contribution in [0.2, 0.25) is 0 Å². The molecular weight excluding hydrogens is 306 g/mol. The van der Waals surface area contributed by atoms with Gasteiger partial charge in [-0.1, -0.05) is 0 Å². The molecule has 3 rings (SSSR count). The first-order valence-corrected chi connectivity index (χ1v) is 8.38. The summed E-state index contributed by atoms with van der Waals surface area (Å²) < 4.78 is 5.44. The molecule has 0 fully saturated rings. The summed E-state index contributed by atoms with van der Waals surface area (Å²) in [6, 6.07) is 0. The van der Waals surface area contributed by atoms with E-state index in [1.165, 1.54) is 11.8 Å². The number of ketones is 1. The van der Waals surface area contributed by atoms with Crippen LogP contribution in [0.3, 0.4) is 0 Å². The maximum absolute atomic E-state index is 12.6. The summed E-state index contributed by atoms with van der Waals surface area (Å²) in [4.78, 5) is 26.4. The Hall–Kier alpha value is -2.37. The standard InChI is InChI=1S/C18H23N3O3/c1-11-13(12(2)20-19-11)6-5-9-21(3)18(23)14-10-24-16-8-4-7-15(22)17(14)16/h10H,4-9H2,1-3H3,(H,19,20). The molecule has 0 aliphatic heterocycles. The number of fused-ring (bicyclic) bond motifs is 1. The molecule has 2 aromatic rings. The van der Waals surface area contributed by atoms with E-state index < -0.39 is 0 Å². The van der Waals surface area contributed by atoms with Crippen molar-refractivity contribution < 1.29 is 14.0 Å². The van der Waals surface area contributed by atoms with Crippen LogP contribution in [0, 0.1) is 13.8 Å². The van der Waals surface area contributed by atoms with Gasteiger partial charge in [-0.15, -0.1) is 0 Å². The minimum Gasteiger partial charge on any atom is -0.468 e. The van der Waals surface area contributed by atoms with Crippen molar-refractivity contribution in [3.63, 3.8) is 0 Å². The fourth-order valence-electron chi connectivity index (χ4n) is 3.32. The summed E-state index contributed by atoms with van der Waals surface area (Å²) in [5.41, 5.74) is 4.21. The van der Waals surface area contributed by atoms with Crippen LogP contribution in [0.4, 0.5) is 0 Å². The molecule has 2 heterocycles. The molecule has 6 nitrogen and oxygen atoms in total. The number of rotatable bonds is 5. The zero-order valence-electron chi connectivity index (χ0n) is 14.4. The summed E-state index contributed by atoms with van der Waals surface area (Å²) in [6.45, 7) is 4.61. The van der Waals surface area contributed by atoms with Gasteiger partial charge in [-0.3, -0.25) is 14.7 Å². The van der Waals surface area contributed by atoms with E-state index in [4.69, 9.17) is 4.42 Å². The molecule has 2 aromatic heterocycles. The number of aromatic amines is 1. The molecule has 1 aliphatic rings. The lowest BCUT2D eigenvalue weighted by molar-refractivity contribution is 0.0786. The van der Waals surface area contributed by atoms with Gasteiger partial charge >= 0.3 is 0 Å². The Morgan fingerprint density at radius 3 is 2.88 bits per heavy atom. The van der Waals surface area contributed by atoms with Crippen molar-refractivity contribution in [1.82, 2.24) is 15.1 Å². The van der Waals surface area contributed by atoms with Crippen molar-refractivity contribution in [3.8, 4) is 0 Å². The molecule has 6 heteroatoms. The molecule has 0 atom stereocenters. The van der Waals surface area contributed by atoms with Crippen molar-refractivity contribution in [2.24, 2.45) is 0 Å². The van der Waals surface area contributed by atoms with Crippen molar-refractivity contribution in [1.29, 1.82) is 0 Å². The average Bonchev–Trinajstić information content (AvgIpc) is 3.13. The second kappa shape index (κ2) is 6.63. The quantitative estimate of drug-likeness (QED) is 0.915. The van der Waals surface area contributed by atoms with Crippen LogP contribution in [-0.2, 0) is 12.8 Å². The number of aryl methyl sites for hydroxylation is 3. The molecule has 1 N–H and O–H groups in total. The number of nitrogens with one attached hydrogen (secondary N) is 1. The third-order valence-corrected chi connectivity index (χ3v) is 4.73. The molecule has 24 heavy (non-hydrogen) atoms. The van der Waals surface area contributed by atoms with E-state index >= 15 is 0 Å². The van der Waals surface area contributed by atoms with E-state index in [1.54, 1.807) is 11.9 Å². The third-order valence-electron chi connectivity index (χ3n) is 4.73. The van der Waals surface area contributed by atoms with E-state index in [1.807, 2.05) is 13.8 Å². The second-order valence-electron chi connectivity index (χ2n) is 6.47. The summed E-state index contributed by atoms with van der Waals surface area (Å²) in [7, 11) is 1.77. The minimum absolute atomic E-state index is 0.0198. The Bertz CT molecular complexity index is 753. The van der Waals surface area contributed by atoms with E-state index in [0.29, 0.717) is 29.9 Å². The van der Waals surface area contributed by atoms with Gasteiger partial charge in [0.2, 0.25) is 0 Å². The third kappa shape index (κ3) is 3.00. The number of Topliss-reactive ketones (excluding diaryl/α,β-unsaturated/α-hetero) is 1. The first-order valence-electron chi connectivity index (χ1n) is 8.38. The molecule has 128 valence electrons. The van der Waals surface area contributed by atoms with Crippen LogP contribution in [0.5, 0.6) is 0 Å². The molecule has 1 aliphatic carbocycles. The number of furan rings is 1. The Labute approximate surface area is 141 Å². The molecule has 0 aromatic carbocycles. The zero-order chi connectivity index (χ0) is 17.3. The van der Waals surface area contributed by atoms with Crippen LogP contribution in [0.25, 0.3) is 0 Å². The SMILES string of the molecule is Cc1n[nH]c(C)c1CCCN(C)C(=O)c1coc2c1C(=O)CCC2. The Kier molecular flexibility index (Phi) is 4.55. The van der Waals surface area contributed by atoms with Gasteiger partial charge in [-0.2, -0.15) is 5.10 Å². The van der Waals surface area contributed by atoms with Gasteiger partial charge in [0.25, 0.3) is 5.91 Å². The lowest BCUT2D eigenvalue weighted by Crippen LogP contribution is -2.29. The molecule has 1 amide bonds. The van der Waals surface area contributed by atoms with Crippen LogP contribution in [0.1, 0.15) is 62.7 Å². The Balaban J connectivity index is 1.63. The normalized spacial score (nSPS) is 13.9. The van der Waals surface area contributed by atoms with Crippen molar-refractivity contribution in [2.75, 3.05) is 13.6 Å². The fraction of sp³-hybridized carbons (Fsp3) is 0.500. The van der Waals surface area contributed by atoms with E-state index in [0.717, 1.165) is 37.1 Å². The van der Waals surface area contributed by atoms with Crippen LogP contribution in [-0.4, -0.2) is 40.4 Å². The number of nitrogens with zero attached hydrogens (tertiary/aromatic N) is 2. The fourth-order valence-corrected chi connectivity index (χ4v) is 3.32. The first kappa shape index (κ1) is 16.5. The molecule has 0 unspecified atom stereocenters. The van der Waals surface area contributed by atoms with Gasteiger partial charge in [0.05, 0.1) is 16.8 Å². The van der Waals surface area contributed by atoms with E-state index in [-0.39, 0.29) is 11.7 Å². The Morgan fingerprint density at radius 2 is 2.17 bits per heavy atom. The zero-order valence-corrected chi connectivity index (χ0v) is 14.4. The molecule has 0 saturated carbocycles. The lowest BCUT2D eigenvalue weighted by Gasteiger charge is -2.18. The highest BCUT2D eigenvalue weighted by Crippen LogP contribution is 2.27. The molecule has 0 spiro atoms. The number of aromatic nitrogens is 2. The number of amides is 1. The summed E-state index contributed by atoms with van der Waals surface area (Å²) in [5.74, 6) is 0.537. The topological polar surface area (TPSA) is 79.2 Å². The smallest absolute Gasteiger partial charge is 0.257 e. The molecule has 0 radical (unpaired) electrons. The maximum atomic E-state index is 12.6. The molecular formula is C18H23N3O3. The van der Waals surface area contributed by atoms with Gasteiger partial charge in [-0.25, -0.2) is 0 Å². The first-order chi connectivity index (χ1) is 11.5. The molecule has 0 bridgehead atoms. The van der Waals surface area contributed by atoms with Gasteiger partial charge in [0, 0.05) is 32.1 Å². The van der Waals surface area contributed by atoms with Crippen LogP contribution < -0.4 is 0 Å². The number of hydrogen-bond donors (Lipinski definition) is 1. The molecule has 0 saturated heterocycles.